The van der Waals surface area contributed by atoms with Gasteiger partial charge in [-0.25, -0.2) is 0 Å². The van der Waals surface area contributed by atoms with Crippen LogP contribution in [0.4, 0.5) is 5.69 Å². The number of para-hydroxylation sites is 1. The van der Waals surface area contributed by atoms with E-state index in [1.165, 1.54) is 0 Å². The highest BCUT2D eigenvalue weighted by Crippen LogP contribution is 2.31. The van der Waals surface area contributed by atoms with Crippen molar-refractivity contribution in [3.8, 4) is 0 Å². The summed E-state index contributed by atoms with van der Waals surface area (Å²) < 4.78 is 0.869. The van der Waals surface area contributed by atoms with Gasteiger partial charge in [0.15, 0.2) is 0 Å². The Hall–Kier alpha value is -1.36. The highest BCUT2D eigenvalue weighted by molar-refractivity contribution is 9.10. The van der Waals surface area contributed by atoms with E-state index in [1.54, 1.807) is 4.90 Å². The van der Waals surface area contributed by atoms with Crippen molar-refractivity contribution in [3.63, 3.8) is 0 Å². The Balaban J connectivity index is 2.12. The number of halogens is 1. The van der Waals surface area contributed by atoms with Crippen LogP contribution in [-0.4, -0.2) is 24.4 Å². The zero-order valence-corrected chi connectivity index (χ0v) is 12.6. The van der Waals surface area contributed by atoms with Crippen LogP contribution in [0.15, 0.2) is 28.7 Å². The van der Waals surface area contributed by atoms with E-state index in [-0.39, 0.29) is 30.2 Å². The lowest BCUT2D eigenvalue weighted by Gasteiger charge is -2.18. The van der Waals surface area contributed by atoms with E-state index in [0.717, 1.165) is 10.2 Å². The molecule has 5 heteroatoms. The molecule has 2 amide bonds. The number of hydrogen-bond acceptors (Lipinski definition) is 2. The molecule has 4 nitrogen and oxygen atoms in total. The van der Waals surface area contributed by atoms with Gasteiger partial charge in [-0.15, -0.1) is 0 Å². The predicted octanol–water partition coefficient (Wildman–Crippen LogP) is 2.33. The monoisotopic (exact) mass is 324 g/mol. The maximum Gasteiger partial charge on any atom is 0.227 e. The first kappa shape index (κ1) is 14.1. The number of hydrogen-bond donors (Lipinski definition) is 1. The van der Waals surface area contributed by atoms with E-state index in [1.807, 2.05) is 38.1 Å². The van der Waals surface area contributed by atoms with Crippen molar-refractivity contribution < 1.29 is 9.59 Å². The van der Waals surface area contributed by atoms with Crippen LogP contribution in [-0.2, 0) is 9.59 Å². The quantitative estimate of drug-likeness (QED) is 0.927. The number of nitrogens with zero attached hydrogens (tertiary/aromatic N) is 1. The molecule has 1 aliphatic rings. The third-order valence-corrected chi connectivity index (χ3v) is 3.74. The normalized spacial score (nSPS) is 19.1. The second-order valence-electron chi connectivity index (χ2n) is 5.02. The molecule has 1 aliphatic heterocycles. The molecule has 1 aromatic carbocycles. The van der Waals surface area contributed by atoms with E-state index >= 15 is 0 Å². The molecule has 1 heterocycles. The lowest BCUT2D eigenvalue weighted by molar-refractivity contribution is -0.126. The van der Waals surface area contributed by atoms with Crippen molar-refractivity contribution in [3.05, 3.63) is 28.7 Å². The standard InChI is InChI=1S/C14H17BrN2O2/c1-9(2)16-14(19)10-7-13(18)17(8-10)12-6-4-3-5-11(12)15/h3-6,9-10H,7-8H2,1-2H3,(H,16,19). The average molecular weight is 325 g/mol. The van der Waals surface area contributed by atoms with Crippen LogP contribution in [0, 0.1) is 5.92 Å². The molecule has 1 unspecified atom stereocenters. The third kappa shape index (κ3) is 3.15. The van der Waals surface area contributed by atoms with E-state index in [4.69, 9.17) is 0 Å². The number of benzene rings is 1. The minimum Gasteiger partial charge on any atom is -0.354 e. The summed E-state index contributed by atoms with van der Waals surface area (Å²) in [4.78, 5) is 25.7. The summed E-state index contributed by atoms with van der Waals surface area (Å²) in [5.41, 5.74) is 0.826. The van der Waals surface area contributed by atoms with Crippen molar-refractivity contribution in [1.29, 1.82) is 0 Å². The van der Waals surface area contributed by atoms with E-state index in [2.05, 4.69) is 21.2 Å². The smallest absolute Gasteiger partial charge is 0.227 e. The number of anilines is 1. The van der Waals surface area contributed by atoms with E-state index in [0.29, 0.717) is 6.54 Å². The summed E-state index contributed by atoms with van der Waals surface area (Å²) in [5, 5.41) is 2.86. The highest BCUT2D eigenvalue weighted by atomic mass is 79.9. The van der Waals surface area contributed by atoms with Crippen LogP contribution in [0.3, 0.4) is 0 Å². The van der Waals surface area contributed by atoms with Gasteiger partial charge in [-0.1, -0.05) is 12.1 Å². The van der Waals surface area contributed by atoms with Crippen LogP contribution in [0.5, 0.6) is 0 Å². The molecule has 0 radical (unpaired) electrons. The lowest BCUT2D eigenvalue weighted by Crippen LogP contribution is -2.37. The topological polar surface area (TPSA) is 49.4 Å². The number of carbonyl (C=O) groups is 2. The van der Waals surface area contributed by atoms with Gasteiger partial charge < -0.3 is 10.2 Å². The summed E-state index contributed by atoms with van der Waals surface area (Å²) in [7, 11) is 0. The van der Waals surface area contributed by atoms with Crippen molar-refractivity contribution in [2.45, 2.75) is 26.3 Å². The highest BCUT2D eigenvalue weighted by Gasteiger charge is 2.35. The Morgan fingerprint density at radius 3 is 2.74 bits per heavy atom. The molecule has 0 aromatic heterocycles. The molecule has 2 rings (SSSR count). The first-order valence-electron chi connectivity index (χ1n) is 6.34. The first-order chi connectivity index (χ1) is 8.99. The molecule has 102 valence electrons. The molecular weight excluding hydrogens is 308 g/mol. The minimum atomic E-state index is -0.262. The Bertz CT molecular complexity index is 502. The number of carbonyl (C=O) groups excluding carboxylic acids is 2. The van der Waals surface area contributed by atoms with Crippen molar-refractivity contribution in [2.75, 3.05) is 11.4 Å². The summed E-state index contributed by atoms with van der Waals surface area (Å²) >= 11 is 3.44. The fraction of sp³-hybridized carbons (Fsp3) is 0.429. The molecule has 0 saturated carbocycles. The van der Waals surface area contributed by atoms with Crippen LogP contribution >= 0.6 is 15.9 Å². The summed E-state index contributed by atoms with van der Waals surface area (Å²) in [6.45, 7) is 4.28. The SMILES string of the molecule is CC(C)NC(=O)C1CC(=O)N(c2ccccc2Br)C1. The molecule has 1 fully saturated rings. The van der Waals surface area contributed by atoms with Crippen molar-refractivity contribution in [1.82, 2.24) is 5.32 Å². The van der Waals surface area contributed by atoms with Gasteiger partial charge in [0.1, 0.15) is 0 Å². The molecule has 19 heavy (non-hydrogen) atoms. The van der Waals surface area contributed by atoms with Gasteiger partial charge in [0, 0.05) is 23.5 Å². The van der Waals surface area contributed by atoms with Crippen LogP contribution in [0.25, 0.3) is 0 Å². The van der Waals surface area contributed by atoms with Crippen LogP contribution in [0.2, 0.25) is 0 Å². The third-order valence-electron chi connectivity index (χ3n) is 3.07. The zero-order chi connectivity index (χ0) is 14.0. The fourth-order valence-corrected chi connectivity index (χ4v) is 2.69. The van der Waals surface area contributed by atoms with Gasteiger partial charge in [0.2, 0.25) is 11.8 Å². The Kier molecular flexibility index (Phi) is 4.24. The molecular formula is C14H17BrN2O2. The summed E-state index contributed by atoms with van der Waals surface area (Å²) in [6, 6.07) is 7.65. The van der Waals surface area contributed by atoms with Crippen LogP contribution < -0.4 is 10.2 Å². The maximum atomic E-state index is 12.1. The molecule has 1 aromatic rings. The number of amides is 2. The largest absolute Gasteiger partial charge is 0.354 e. The van der Waals surface area contributed by atoms with Crippen molar-refractivity contribution >= 4 is 33.4 Å². The zero-order valence-electron chi connectivity index (χ0n) is 11.0. The lowest BCUT2D eigenvalue weighted by atomic mass is 10.1. The van der Waals surface area contributed by atoms with E-state index < -0.39 is 0 Å². The molecule has 0 aliphatic carbocycles. The van der Waals surface area contributed by atoms with Gasteiger partial charge in [0.25, 0.3) is 0 Å². The predicted molar refractivity (Wildman–Crippen MR) is 77.9 cm³/mol. The Morgan fingerprint density at radius 1 is 1.42 bits per heavy atom. The molecule has 1 saturated heterocycles. The van der Waals surface area contributed by atoms with Gasteiger partial charge in [-0.05, 0) is 41.9 Å². The summed E-state index contributed by atoms with van der Waals surface area (Å²) in [5.74, 6) is -0.310. The molecule has 0 spiro atoms. The Morgan fingerprint density at radius 2 is 2.11 bits per heavy atom. The van der Waals surface area contributed by atoms with Gasteiger partial charge in [-0.3, -0.25) is 9.59 Å². The molecule has 1 atom stereocenters. The van der Waals surface area contributed by atoms with Crippen LogP contribution in [0.1, 0.15) is 20.3 Å². The first-order valence-corrected chi connectivity index (χ1v) is 7.13. The average Bonchev–Trinajstić information content (AvgIpc) is 2.71. The second kappa shape index (κ2) is 5.74. The number of rotatable bonds is 3. The minimum absolute atomic E-state index is 0.00388. The second-order valence-corrected chi connectivity index (χ2v) is 5.87. The molecule has 1 N–H and O–H groups in total. The fourth-order valence-electron chi connectivity index (χ4n) is 2.19. The van der Waals surface area contributed by atoms with Gasteiger partial charge >= 0.3 is 0 Å². The van der Waals surface area contributed by atoms with E-state index in [9.17, 15) is 9.59 Å². The van der Waals surface area contributed by atoms with Crippen molar-refractivity contribution in [2.24, 2.45) is 5.92 Å². The number of nitrogens with one attached hydrogen (secondary N) is 1. The Labute approximate surface area is 121 Å². The maximum absolute atomic E-state index is 12.1. The van der Waals surface area contributed by atoms with Gasteiger partial charge in [-0.2, -0.15) is 0 Å². The summed E-state index contributed by atoms with van der Waals surface area (Å²) in [6.07, 6.45) is 0.278. The molecule has 0 bridgehead atoms. The van der Waals surface area contributed by atoms with Gasteiger partial charge in [0.05, 0.1) is 11.6 Å².